The lowest BCUT2D eigenvalue weighted by atomic mass is 10.2. The van der Waals surface area contributed by atoms with Crippen LogP contribution < -0.4 is 15.0 Å². The Morgan fingerprint density at radius 3 is 2.25 bits per heavy atom. The van der Waals surface area contributed by atoms with E-state index in [2.05, 4.69) is 5.32 Å². The molecule has 0 aliphatic carbocycles. The third kappa shape index (κ3) is 4.81. The molecule has 126 valence electrons. The Morgan fingerprint density at radius 2 is 1.71 bits per heavy atom. The average Bonchev–Trinajstić information content (AvgIpc) is 2.55. The summed E-state index contributed by atoms with van der Waals surface area (Å²) in [6, 6.07) is 12.4. The standard InChI is InChI=1S/C18H19FN2O3/c1-3-24-17-10-6-15(7-11-17)20-18(23)12-21(13(2)22)16-8-4-14(19)5-9-16/h4-11H,3,12H2,1-2H3,(H,20,23). The first kappa shape index (κ1) is 17.5. The minimum Gasteiger partial charge on any atom is -0.494 e. The van der Waals surface area contributed by atoms with Gasteiger partial charge in [0, 0.05) is 18.3 Å². The van der Waals surface area contributed by atoms with Gasteiger partial charge >= 0.3 is 0 Å². The van der Waals surface area contributed by atoms with Crippen LogP contribution in [0.2, 0.25) is 0 Å². The van der Waals surface area contributed by atoms with E-state index in [1.165, 1.54) is 36.1 Å². The van der Waals surface area contributed by atoms with Crippen molar-refractivity contribution in [3.8, 4) is 5.75 Å². The number of hydrogen-bond donors (Lipinski definition) is 1. The predicted octanol–water partition coefficient (Wildman–Crippen LogP) is 3.22. The van der Waals surface area contributed by atoms with Crippen LogP contribution in [0.1, 0.15) is 13.8 Å². The van der Waals surface area contributed by atoms with E-state index in [1.54, 1.807) is 24.3 Å². The van der Waals surface area contributed by atoms with Crippen LogP contribution in [0.3, 0.4) is 0 Å². The predicted molar refractivity (Wildman–Crippen MR) is 90.7 cm³/mol. The summed E-state index contributed by atoms with van der Waals surface area (Å²) in [5, 5.41) is 2.72. The summed E-state index contributed by atoms with van der Waals surface area (Å²) in [6.07, 6.45) is 0. The molecule has 0 atom stereocenters. The highest BCUT2D eigenvalue weighted by atomic mass is 19.1. The Labute approximate surface area is 140 Å². The van der Waals surface area contributed by atoms with Crippen LogP contribution in [0, 0.1) is 5.82 Å². The van der Waals surface area contributed by atoms with Crippen LogP contribution in [0.15, 0.2) is 48.5 Å². The topological polar surface area (TPSA) is 58.6 Å². The molecule has 2 aromatic carbocycles. The molecule has 2 aromatic rings. The van der Waals surface area contributed by atoms with Gasteiger partial charge in [0.15, 0.2) is 0 Å². The number of carbonyl (C=O) groups is 2. The quantitative estimate of drug-likeness (QED) is 0.885. The molecule has 0 heterocycles. The van der Waals surface area contributed by atoms with Crippen molar-refractivity contribution in [1.29, 1.82) is 0 Å². The molecular weight excluding hydrogens is 311 g/mol. The number of ether oxygens (including phenoxy) is 1. The van der Waals surface area contributed by atoms with Crippen molar-refractivity contribution >= 4 is 23.2 Å². The monoisotopic (exact) mass is 330 g/mol. The maximum atomic E-state index is 13.0. The van der Waals surface area contributed by atoms with Crippen LogP contribution >= 0.6 is 0 Å². The lowest BCUT2D eigenvalue weighted by molar-refractivity contribution is -0.120. The normalized spacial score (nSPS) is 10.1. The van der Waals surface area contributed by atoms with Gasteiger partial charge in [-0.3, -0.25) is 9.59 Å². The summed E-state index contributed by atoms with van der Waals surface area (Å²) in [5.41, 5.74) is 1.07. The van der Waals surface area contributed by atoms with Gasteiger partial charge < -0.3 is 15.0 Å². The Hall–Kier alpha value is -2.89. The number of nitrogens with one attached hydrogen (secondary N) is 1. The lowest BCUT2D eigenvalue weighted by Gasteiger charge is -2.20. The number of hydrogen-bond acceptors (Lipinski definition) is 3. The number of nitrogens with zero attached hydrogens (tertiary/aromatic N) is 1. The van der Waals surface area contributed by atoms with Gasteiger partial charge in [-0.15, -0.1) is 0 Å². The van der Waals surface area contributed by atoms with Crippen molar-refractivity contribution in [2.24, 2.45) is 0 Å². The van der Waals surface area contributed by atoms with Crippen molar-refractivity contribution in [2.45, 2.75) is 13.8 Å². The van der Waals surface area contributed by atoms with Gasteiger partial charge in [-0.05, 0) is 55.5 Å². The molecule has 0 aromatic heterocycles. The maximum absolute atomic E-state index is 13.0. The summed E-state index contributed by atoms with van der Waals surface area (Å²) >= 11 is 0. The number of benzene rings is 2. The van der Waals surface area contributed by atoms with Gasteiger partial charge in [0.1, 0.15) is 18.1 Å². The smallest absolute Gasteiger partial charge is 0.244 e. The first-order chi connectivity index (χ1) is 11.5. The first-order valence-electron chi connectivity index (χ1n) is 7.56. The number of anilines is 2. The molecule has 2 amide bonds. The maximum Gasteiger partial charge on any atom is 0.244 e. The van der Waals surface area contributed by atoms with Gasteiger partial charge in [0.2, 0.25) is 11.8 Å². The van der Waals surface area contributed by atoms with E-state index in [1.807, 2.05) is 6.92 Å². The Bertz CT molecular complexity index is 699. The third-order valence-corrected chi connectivity index (χ3v) is 3.27. The fraction of sp³-hybridized carbons (Fsp3) is 0.222. The third-order valence-electron chi connectivity index (χ3n) is 3.27. The SMILES string of the molecule is CCOc1ccc(NC(=O)CN(C(C)=O)c2ccc(F)cc2)cc1. The van der Waals surface area contributed by atoms with Gasteiger partial charge in [-0.25, -0.2) is 4.39 Å². The van der Waals surface area contributed by atoms with E-state index < -0.39 is 5.82 Å². The van der Waals surface area contributed by atoms with Crippen molar-refractivity contribution < 1.29 is 18.7 Å². The van der Waals surface area contributed by atoms with Crippen molar-refractivity contribution in [2.75, 3.05) is 23.4 Å². The highest BCUT2D eigenvalue weighted by molar-refractivity contribution is 6.01. The molecule has 0 saturated carbocycles. The number of halogens is 1. The molecule has 6 heteroatoms. The second kappa shape index (κ2) is 8.10. The van der Waals surface area contributed by atoms with E-state index in [9.17, 15) is 14.0 Å². The second-order valence-corrected chi connectivity index (χ2v) is 5.09. The molecule has 0 bridgehead atoms. The zero-order valence-electron chi connectivity index (χ0n) is 13.6. The summed E-state index contributed by atoms with van der Waals surface area (Å²) in [6.45, 7) is 3.65. The molecule has 0 fully saturated rings. The van der Waals surface area contributed by atoms with Gasteiger partial charge in [-0.2, -0.15) is 0 Å². The van der Waals surface area contributed by atoms with E-state index in [0.29, 0.717) is 23.7 Å². The molecule has 5 nitrogen and oxygen atoms in total. The fourth-order valence-electron chi connectivity index (χ4n) is 2.15. The Balaban J connectivity index is 2.02. The summed E-state index contributed by atoms with van der Waals surface area (Å²) in [5.74, 6) is -0.338. The largest absolute Gasteiger partial charge is 0.494 e. The van der Waals surface area contributed by atoms with E-state index >= 15 is 0 Å². The van der Waals surface area contributed by atoms with Gasteiger partial charge in [0.05, 0.1) is 6.61 Å². The molecule has 0 aliphatic rings. The highest BCUT2D eigenvalue weighted by Crippen LogP contribution is 2.17. The molecule has 0 saturated heterocycles. The van der Waals surface area contributed by atoms with E-state index in [-0.39, 0.29) is 18.4 Å². The molecule has 0 spiro atoms. The minimum atomic E-state index is -0.402. The van der Waals surface area contributed by atoms with E-state index in [4.69, 9.17) is 4.74 Å². The molecule has 1 N–H and O–H groups in total. The molecule has 24 heavy (non-hydrogen) atoms. The van der Waals surface area contributed by atoms with Crippen molar-refractivity contribution in [3.05, 3.63) is 54.3 Å². The Kier molecular flexibility index (Phi) is 5.89. The van der Waals surface area contributed by atoms with Crippen LogP contribution in [0.4, 0.5) is 15.8 Å². The van der Waals surface area contributed by atoms with E-state index in [0.717, 1.165) is 0 Å². The van der Waals surface area contributed by atoms with Crippen molar-refractivity contribution in [1.82, 2.24) is 0 Å². The average molecular weight is 330 g/mol. The summed E-state index contributed by atoms with van der Waals surface area (Å²) in [4.78, 5) is 25.2. The lowest BCUT2D eigenvalue weighted by Crippen LogP contribution is -2.36. The summed E-state index contributed by atoms with van der Waals surface area (Å²) in [7, 11) is 0. The van der Waals surface area contributed by atoms with Crippen LogP contribution in [0.25, 0.3) is 0 Å². The molecule has 0 radical (unpaired) electrons. The molecule has 0 unspecified atom stereocenters. The van der Waals surface area contributed by atoms with Crippen LogP contribution in [-0.4, -0.2) is 25.0 Å². The zero-order valence-corrected chi connectivity index (χ0v) is 13.6. The second-order valence-electron chi connectivity index (χ2n) is 5.09. The molecule has 0 aliphatic heterocycles. The zero-order chi connectivity index (χ0) is 17.5. The number of rotatable bonds is 6. The van der Waals surface area contributed by atoms with Crippen molar-refractivity contribution in [3.63, 3.8) is 0 Å². The highest BCUT2D eigenvalue weighted by Gasteiger charge is 2.16. The first-order valence-corrected chi connectivity index (χ1v) is 7.56. The van der Waals surface area contributed by atoms with Gasteiger partial charge in [0.25, 0.3) is 0 Å². The molecule has 2 rings (SSSR count). The van der Waals surface area contributed by atoms with Gasteiger partial charge in [-0.1, -0.05) is 0 Å². The number of amides is 2. The summed E-state index contributed by atoms with van der Waals surface area (Å²) < 4.78 is 18.3. The fourth-order valence-corrected chi connectivity index (χ4v) is 2.15. The van der Waals surface area contributed by atoms with Crippen LogP contribution in [-0.2, 0) is 9.59 Å². The molecular formula is C18H19FN2O3. The number of carbonyl (C=O) groups excluding carboxylic acids is 2. The van der Waals surface area contributed by atoms with Crippen LogP contribution in [0.5, 0.6) is 5.75 Å². The minimum absolute atomic E-state index is 0.159. The Morgan fingerprint density at radius 1 is 1.08 bits per heavy atom.